The maximum absolute atomic E-state index is 8.05. The van der Waals surface area contributed by atoms with Crippen molar-refractivity contribution in [2.45, 2.75) is 110 Å². The first-order valence-corrected chi connectivity index (χ1v) is 33.3. The second-order valence-electron chi connectivity index (χ2n) is 21.2. The van der Waals surface area contributed by atoms with Crippen LogP contribution in [0.3, 0.4) is 0 Å². The highest BCUT2D eigenvalue weighted by atomic mass is 16.5. The highest BCUT2D eigenvalue weighted by Crippen LogP contribution is 2.29. The third kappa shape index (κ3) is 37.2. The number of rotatable bonds is 15. The summed E-state index contributed by atoms with van der Waals surface area (Å²) in [6, 6.07) is 106. The zero-order valence-electron chi connectivity index (χ0n) is 58.6. The van der Waals surface area contributed by atoms with Crippen molar-refractivity contribution >= 4 is 0 Å². The van der Waals surface area contributed by atoms with Crippen LogP contribution in [-0.2, 0) is 38.5 Å². The summed E-state index contributed by atoms with van der Waals surface area (Å²) in [6.45, 7) is 13.2. The highest BCUT2D eigenvalue weighted by Gasteiger charge is 2.07. The molecule has 106 heavy (non-hydrogen) atoms. The molecule has 0 aliphatic rings. The van der Waals surface area contributed by atoms with Crippen molar-refractivity contribution < 1.29 is 28.4 Å². The van der Waals surface area contributed by atoms with Gasteiger partial charge in [-0.2, -0.15) is 0 Å². The summed E-state index contributed by atoms with van der Waals surface area (Å²) >= 11 is 0. The van der Waals surface area contributed by atoms with Crippen molar-refractivity contribution in [3.05, 3.63) is 361 Å². The molecule has 0 aliphatic heterocycles. The summed E-state index contributed by atoms with van der Waals surface area (Å²) in [5.74, 6) is 3.50. The number of nitriles is 6. The number of nitrogens with zero attached hydrogens (tertiary/aromatic N) is 6. The predicted molar refractivity (Wildman–Crippen MR) is 435 cm³/mol. The van der Waals surface area contributed by atoms with E-state index in [2.05, 4.69) is 216 Å². The molecule has 542 valence electrons. The van der Waals surface area contributed by atoms with E-state index in [0.29, 0.717) is 34.5 Å². The van der Waals surface area contributed by atoms with Gasteiger partial charge in [0, 0.05) is 0 Å². The molecule has 0 radical (unpaired) electrons. The molecule has 0 unspecified atom stereocenters. The molecule has 0 spiro atoms. The first-order valence-electron chi connectivity index (χ1n) is 33.3. The van der Waals surface area contributed by atoms with Crippen molar-refractivity contribution in [3.63, 3.8) is 0 Å². The summed E-state index contributed by atoms with van der Waals surface area (Å²) in [4.78, 5) is 0. The summed E-state index contributed by atoms with van der Waals surface area (Å²) in [5.41, 5.74) is 16.6. The molecule has 0 heterocycles. The molecule has 0 aromatic heterocycles. The molecule has 0 aliphatic carbocycles. The van der Waals surface area contributed by atoms with Crippen LogP contribution in [-0.4, -0.2) is 0 Å². The lowest BCUT2D eigenvalue weighted by Crippen LogP contribution is -1.91. The number of hydrogen-bond donors (Lipinski definition) is 0. The van der Waals surface area contributed by atoms with Crippen LogP contribution in [0, 0.1) is 69.1 Å². The zero-order chi connectivity index (χ0) is 73.3. The fourth-order valence-corrected chi connectivity index (χ4v) is 9.33. The molecule has 12 nitrogen and oxygen atoms in total. The van der Waals surface area contributed by atoms with Gasteiger partial charge in [0.15, 0.2) is 0 Å². The Morgan fingerprint density at radius 1 is 0.189 bits per heavy atom. The Labute approximate surface area is 632 Å². The van der Waals surface area contributed by atoms with Gasteiger partial charge in [0.25, 0.3) is 37.5 Å². The van der Waals surface area contributed by atoms with Crippen molar-refractivity contribution in [2.75, 3.05) is 0 Å². The lowest BCUT2D eigenvalue weighted by molar-refractivity contribution is 0.507. The van der Waals surface area contributed by atoms with Gasteiger partial charge < -0.3 is 28.4 Å². The maximum atomic E-state index is 8.05. The Balaban J connectivity index is 0.00000118. The Bertz CT molecular complexity index is 3960. The Morgan fingerprint density at radius 2 is 0.358 bits per heavy atom. The standard InChI is InChI=1S/3C16H18.6C7H5NO.4CH4/c1-3-13-5-9-15(10-6-13)16-11-7-14(4-2)8-12-16;1-3-13-9-5-7-11-15(13)16-12-8-6-10-14(16)4-2;1-3-13-9-11-15(12-10-13)16-8-6-5-7-14(16)4-2;6*8-6-9-7-4-2-1-3-5-7;;;;/h3*5-12H,3-4H2,1-2H3;6*1-5H;4*1H4. The van der Waals surface area contributed by atoms with Crippen LogP contribution in [0.4, 0.5) is 0 Å². The van der Waals surface area contributed by atoms with Crippen molar-refractivity contribution in [2.24, 2.45) is 0 Å². The van der Waals surface area contributed by atoms with Crippen LogP contribution in [0.25, 0.3) is 33.4 Å². The molecule has 0 N–H and O–H groups in total. The molecular formula is C94H100N6O6. The fourth-order valence-electron chi connectivity index (χ4n) is 9.33. The largest absolute Gasteiger partial charge is 0.388 e. The number of aryl methyl sites for hydroxylation is 6. The lowest BCUT2D eigenvalue weighted by atomic mass is 9.93. The van der Waals surface area contributed by atoms with Gasteiger partial charge in [-0.25, -0.2) is 0 Å². The average Bonchev–Trinajstić information content (AvgIpc) is 0.841. The normalized spacial score (nSPS) is 8.72. The van der Waals surface area contributed by atoms with E-state index in [1.165, 1.54) is 66.8 Å². The molecule has 0 atom stereocenters. The third-order valence-electron chi connectivity index (χ3n) is 14.7. The molecule has 12 rings (SSSR count). The summed E-state index contributed by atoms with van der Waals surface area (Å²) in [6.07, 6.45) is 16.1. The Morgan fingerprint density at radius 3 is 0.547 bits per heavy atom. The van der Waals surface area contributed by atoms with Crippen molar-refractivity contribution in [3.8, 4) is 105 Å². The topological polar surface area (TPSA) is 198 Å². The van der Waals surface area contributed by atoms with Gasteiger partial charge in [-0.05, 0) is 178 Å². The van der Waals surface area contributed by atoms with Crippen LogP contribution in [0.1, 0.15) is 105 Å². The van der Waals surface area contributed by atoms with E-state index in [9.17, 15) is 0 Å². The van der Waals surface area contributed by atoms with E-state index in [-0.39, 0.29) is 29.7 Å². The van der Waals surface area contributed by atoms with E-state index in [1.54, 1.807) is 110 Å². The van der Waals surface area contributed by atoms with E-state index >= 15 is 0 Å². The van der Waals surface area contributed by atoms with Gasteiger partial charge in [0.1, 0.15) is 34.5 Å². The minimum Gasteiger partial charge on any atom is -0.388 e. The highest BCUT2D eigenvalue weighted by molar-refractivity contribution is 5.71. The van der Waals surface area contributed by atoms with Gasteiger partial charge in [-0.3, -0.25) is 0 Å². The minimum absolute atomic E-state index is 0. The molecule has 0 bridgehead atoms. The van der Waals surface area contributed by atoms with Gasteiger partial charge in [-0.1, -0.05) is 326 Å². The number of ether oxygens (including phenoxy) is 6. The number of hydrogen-bond acceptors (Lipinski definition) is 12. The number of para-hydroxylation sites is 6. The first-order chi connectivity index (χ1) is 50.1. The lowest BCUT2D eigenvalue weighted by Gasteiger charge is -2.11. The molecule has 12 heteroatoms. The fraction of sp³-hybridized carbons (Fsp3) is 0.170. The van der Waals surface area contributed by atoms with Crippen LogP contribution in [0.5, 0.6) is 34.5 Å². The predicted octanol–water partition coefficient (Wildman–Crippen LogP) is 25.3. The van der Waals surface area contributed by atoms with Gasteiger partial charge in [0.2, 0.25) is 0 Å². The van der Waals surface area contributed by atoms with E-state index < -0.39 is 0 Å². The van der Waals surface area contributed by atoms with Gasteiger partial charge in [0.05, 0.1) is 0 Å². The Hall–Kier alpha value is -13.6. The maximum Gasteiger partial charge on any atom is 0.292 e. The molecule has 0 fully saturated rings. The smallest absolute Gasteiger partial charge is 0.292 e. The average molecular weight is 1410 g/mol. The SMILES string of the molecule is C.C.C.C.CCc1ccc(-c2ccc(CC)cc2)cc1.CCc1ccc(-c2ccccc2CC)cc1.CCc1ccccc1-c1ccccc1CC.N#COc1ccccc1.N#COc1ccccc1.N#COc1ccccc1.N#COc1ccccc1.N#COc1ccccc1.N#COc1ccccc1. The quantitative estimate of drug-likeness (QED) is 0.0881. The van der Waals surface area contributed by atoms with Crippen molar-refractivity contribution in [1.29, 1.82) is 31.6 Å². The first kappa shape index (κ1) is 92.4. The molecule has 12 aromatic rings. The molecule has 0 amide bonds. The second kappa shape index (κ2) is 59.1. The monoisotopic (exact) mass is 1410 g/mol. The Kier molecular flexibility index (Phi) is 51.5. The number of benzene rings is 12. The van der Waals surface area contributed by atoms with E-state index in [4.69, 9.17) is 31.6 Å². The molecular weight excluding hydrogens is 1310 g/mol. The summed E-state index contributed by atoms with van der Waals surface area (Å²) < 4.78 is 27.1. The summed E-state index contributed by atoms with van der Waals surface area (Å²) in [5, 5.41) is 48.3. The third-order valence-corrected chi connectivity index (χ3v) is 14.7. The van der Waals surface area contributed by atoms with Crippen LogP contribution in [0.15, 0.2) is 328 Å². The molecule has 12 aromatic carbocycles. The van der Waals surface area contributed by atoms with Crippen molar-refractivity contribution in [1.82, 2.24) is 0 Å². The zero-order valence-corrected chi connectivity index (χ0v) is 58.6. The van der Waals surface area contributed by atoms with E-state index in [0.717, 1.165) is 38.5 Å². The van der Waals surface area contributed by atoms with Gasteiger partial charge in [-0.15, -0.1) is 31.6 Å². The van der Waals surface area contributed by atoms with Crippen LogP contribution < -0.4 is 28.4 Å². The van der Waals surface area contributed by atoms with E-state index in [1.807, 2.05) is 109 Å². The van der Waals surface area contributed by atoms with Gasteiger partial charge >= 0.3 is 0 Å². The minimum atomic E-state index is 0. The van der Waals surface area contributed by atoms with Crippen LogP contribution in [0.2, 0.25) is 0 Å². The second-order valence-corrected chi connectivity index (χ2v) is 21.2. The van der Waals surface area contributed by atoms with Crippen LogP contribution >= 0.6 is 0 Å². The molecule has 0 saturated carbocycles. The molecule has 0 saturated heterocycles. The summed E-state index contributed by atoms with van der Waals surface area (Å²) in [7, 11) is 0.